The maximum atomic E-state index is 12.1. The van der Waals surface area contributed by atoms with Gasteiger partial charge in [0.1, 0.15) is 11.6 Å². The Morgan fingerprint density at radius 2 is 2.14 bits per heavy atom. The SMILES string of the molecule is COc1ccc(C(=O)NC(=S)Nc2ccc(I)cn2)cc1Cl. The Morgan fingerprint density at radius 3 is 2.73 bits per heavy atom. The molecular weight excluding hydrogens is 437 g/mol. The van der Waals surface area contributed by atoms with E-state index in [-0.39, 0.29) is 11.0 Å². The van der Waals surface area contributed by atoms with Crippen molar-refractivity contribution in [3.8, 4) is 5.75 Å². The number of halogens is 2. The number of hydrogen-bond acceptors (Lipinski definition) is 4. The molecule has 5 nitrogen and oxygen atoms in total. The molecule has 0 radical (unpaired) electrons. The lowest BCUT2D eigenvalue weighted by molar-refractivity contribution is 0.0977. The van der Waals surface area contributed by atoms with Gasteiger partial charge in [0.25, 0.3) is 5.91 Å². The summed E-state index contributed by atoms with van der Waals surface area (Å²) in [5, 5.41) is 5.91. The molecule has 0 aliphatic carbocycles. The average Bonchev–Trinajstić information content (AvgIpc) is 2.49. The second-order valence-electron chi connectivity index (χ2n) is 4.12. The smallest absolute Gasteiger partial charge is 0.257 e. The Kier molecular flexibility index (Phi) is 5.92. The fraction of sp³-hybridized carbons (Fsp3) is 0.0714. The summed E-state index contributed by atoms with van der Waals surface area (Å²) in [6.07, 6.45) is 1.69. The quantitative estimate of drug-likeness (QED) is 0.557. The summed E-state index contributed by atoms with van der Waals surface area (Å²) in [4.78, 5) is 16.2. The van der Waals surface area contributed by atoms with E-state index >= 15 is 0 Å². The number of carbonyl (C=O) groups excluding carboxylic acids is 1. The minimum Gasteiger partial charge on any atom is -0.495 e. The van der Waals surface area contributed by atoms with Gasteiger partial charge in [0.15, 0.2) is 5.11 Å². The van der Waals surface area contributed by atoms with E-state index < -0.39 is 0 Å². The number of aromatic nitrogens is 1. The summed E-state index contributed by atoms with van der Waals surface area (Å²) in [5.74, 6) is 0.688. The zero-order valence-electron chi connectivity index (χ0n) is 11.4. The minimum absolute atomic E-state index is 0.158. The number of nitrogens with zero attached hydrogens (tertiary/aromatic N) is 1. The van der Waals surface area contributed by atoms with Crippen molar-refractivity contribution in [3.63, 3.8) is 0 Å². The number of pyridine rings is 1. The lowest BCUT2D eigenvalue weighted by Crippen LogP contribution is -2.34. The van der Waals surface area contributed by atoms with Crippen LogP contribution in [0.1, 0.15) is 10.4 Å². The highest BCUT2D eigenvalue weighted by atomic mass is 127. The summed E-state index contributed by atoms with van der Waals surface area (Å²) in [7, 11) is 1.51. The van der Waals surface area contributed by atoms with E-state index in [4.69, 9.17) is 28.6 Å². The van der Waals surface area contributed by atoms with E-state index in [1.807, 2.05) is 6.07 Å². The molecule has 0 atom stereocenters. The number of rotatable bonds is 3. The van der Waals surface area contributed by atoms with Gasteiger partial charge in [-0.2, -0.15) is 0 Å². The van der Waals surface area contributed by atoms with Crippen LogP contribution in [0, 0.1) is 3.57 Å². The maximum absolute atomic E-state index is 12.1. The molecule has 0 spiro atoms. The van der Waals surface area contributed by atoms with Gasteiger partial charge in [0.2, 0.25) is 0 Å². The first kappa shape index (κ1) is 16.9. The van der Waals surface area contributed by atoms with Crippen LogP contribution in [0.5, 0.6) is 5.75 Å². The van der Waals surface area contributed by atoms with Crippen molar-refractivity contribution in [1.82, 2.24) is 10.3 Å². The Morgan fingerprint density at radius 1 is 1.36 bits per heavy atom. The minimum atomic E-state index is -0.368. The van der Waals surface area contributed by atoms with Crippen molar-refractivity contribution in [2.24, 2.45) is 0 Å². The molecule has 0 unspecified atom stereocenters. The highest BCUT2D eigenvalue weighted by molar-refractivity contribution is 14.1. The van der Waals surface area contributed by atoms with Crippen LogP contribution >= 0.6 is 46.4 Å². The van der Waals surface area contributed by atoms with E-state index in [0.29, 0.717) is 22.2 Å². The van der Waals surface area contributed by atoms with Gasteiger partial charge in [-0.05, 0) is 65.1 Å². The monoisotopic (exact) mass is 447 g/mol. The lowest BCUT2D eigenvalue weighted by Gasteiger charge is -2.10. The summed E-state index contributed by atoms with van der Waals surface area (Å²) in [6, 6.07) is 8.38. The van der Waals surface area contributed by atoms with Crippen LogP contribution in [0.3, 0.4) is 0 Å². The first-order valence-corrected chi connectivity index (χ1v) is 7.93. The first-order chi connectivity index (χ1) is 10.5. The van der Waals surface area contributed by atoms with E-state index in [1.165, 1.54) is 13.2 Å². The number of thiocarbonyl (C=S) groups is 1. The summed E-state index contributed by atoms with van der Waals surface area (Å²) in [5.41, 5.74) is 0.380. The van der Waals surface area contributed by atoms with Crippen molar-refractivity contribution < 1.29 is 9.53 Å². The van der Waals surface area contributed by atoms with Crippen molar-refractivity contribution in [1.29, 1.82) is 0 Å². The van der Waals surface area contributed by atoms with Crippen molar-refractivity contribution >= 4 is 63.2 Å². The second-order valence-corrected chi connectivity index (χ2v) is 6.18. The number of nitrogens with one attached hydrogen (secondary N) is 2. The zero-order chi connectivity index (χ0) is 16.1. The molecule has 0 saturated carbocycles. The van der Waals surface area contributed by atoms with Crippen LogP contribution in [0.4, 0.5) is 5.82 Å². The summed E-state index contributed by atoms with van der Waals surface area (Å²) < 4.78 is 6.04. The summed E-state index contributed by atoms with van der Waals surface area (Å²) in [6.45, 7) is 0. The van der Waals surface area contributed by atoms with Crippen molar-refractivity contribution in [3.05, 3.63) is 50.7 Å². The van der Waals surface area contributed by atoms with E-state index in [9.17, 15) is 4.79 Å². The van der Waals surface area contributed by atoms with Gasteiger partial charge in [-0.3, -0.25) is 10.1 Å². The number of methoxy groups -OCH3 is 1. The van der Waals surface area contributed by atoms with Gasteiger partial charge in [0, 0.05) is 15.3 Å². The summed E-state index contributed by atoms with van der Waals surface area (Å²) >= 11 is 13.2. The van der Waals surface area contributed by atoms with Gasteiger partial charge < -0.3 is 10.1 Å². The Balaban J connectivity index is 2.00. The highest BCUT2D eigenvalue weighted by Gasteiger charge is 2.11. The van der Waals surface area contributed by atoms with Crippen LogP contribution in [-0.4, -0.2) is 23.1 Å². The molecule has 0 aliphatic heterocycles. The normalized spacial score (nSPS) is 9.95. The van der Waals surface area contributed by atoms with Gasteiger partial charge in [0.05, 0.1) is 12.1 Å². The Bertz CT molecular complexity index is 710. The predicted octanol–water partition coefficient (Wildman–Crippen LogP) is 3.48. The largest absolute Gasteiger partial charge is 0.495 e. The van der Waals surface area contributed by atoms with E-state index in [0.717, 1.165) is 3.57 Å². The molecule has 0 saturated heterocycles. The molecule has 8 heteroatoms. The van der Waals surface area contributed by atoms with Crippen molar-refractivity contribution in [2.75, 3.05) is 12.4 Å². The average molecular weight is 448 g/mol. The van der Waals surface area contributed by atoms with Crippen LogP contribution < -0.4 is 15.4 Å². The third-order valence-corrected chi connectivity index (χ3v) is 3.75. The molecule has 2 N–H and O–H groups in total. The standard InChI is InChI=1S/C14H11ClIN3O2S/c1-21-11-4-2-8(6-10(11)15)13(20)19-14(22)18-12-5-3-9(16)7-17-12/h2-7H,1H3,(H2,17,18,19,20,22). The Labute approximate surface area is 151 Å². The third kappa shape index (κ3) is 4.52. The molecule has 0 fully saturated rings. The first-order valence-electron chi connectivity index (χ1n) is 6.07. The molecule has 0 aliphatic rings. The van der Waals surface area contributed by atoms with Gasteiger partial charge in [-0.1, -0.05) is 11.6 Å². The van der Waals surface area contributed by atoms with Crippen LogP contribution in [0.25, 0.3) is 0 Å². The molecular formula is C14H11ClIN3O2S. The molecule has 1 heterocycles. The predicted molar refractivity (Wildman–Crippen MR) is 98.6 cm³/mol. The van der Waals surface area contributed by atoms with Gasteiger partial charge in [-0.25, -0.2) is 4.98 Å². The third-order valence-electron chi connectivity index (χ3n) is 2.61. The molecule has 1 amide bonds. The number of carbonyl (C=O) groups is 1. The fourth-order valence-corrected chi connectivity index (χ4v) is 2.35. The molecule has 1 aromatic heterocycles. The number of hydrogen-bond donors (Lipinski definition) is 2. The molecule has 2 aromatic rings. The molecule has 114 valence electrons. The fourth-order valence-electron chi connectivity index (χ4n) is 1.58. The number of benzene rings is 1. The van der Waals surface area contributed by atoms with E-state index in [2.05, 4.69) is 38.2 Å². The molecule has 2 rings (SSSR count). The molecule has 0 bridgehead atoms. The Hall–Kier alpha value is -1.45. The van der Waals surface area contributed by atoms with Crippen LogP contribution in [-0.2, 0) is 0 Å². The second kappa shape index (κ2) is 7.70. The number of amides is 1. The maximum Gasteiger partial charge on any atom is 0.257 e. The topological polar surface area (TPSA) is 63.2 Å². The van der Waals surface area contributed by atoms with Crippen LogP contribution in [0.15, 0.2) is 36.5 Å². The van der Waals surface area contributed by atoms with Gasteiger partial charge >= 0.3 is 0 Å². The van der Waals surface area contributed by atoms with Crippen molar-refractivity contribution in [2.45, 2.75) is 0 Å². The molecule has 22 heavy (non-hydrogen) atoms. The van der Waals surface area contributed by atoms with Gasteiger partial charge in [-0.15, -0.1) is 0 Å². The number of ether oxygens (including phenoxy) is 1. The van der Waals surface area contributed by atoms with E-state index in [1.54, 1.807) is 24.4 Å². The van der Waals surface area contributed by atoms with Crippen LogP contribution in [0.2, 0.25) is 5.02 Å². The number of anilines is 1. The lowest BCUT2D eigenvalue weighted by atomic mass is 10.2. The zero-order valence-corrected chi connectivity index (χ0v) is 15.1. The highest BCUT2D eigenvalue weighted by Crippen LogP contribution is 2.24. The molecule has 1 aromatic carbocycles.